The third-order valence-electron chi connectivity index (χ3n) is 3.43. The summed E-state index contributed by atoms with van der Waals surface area (Å²) >= 11 is 0. The highest BCUT2D eigenvalue weighted by Crippen LogP contribution is 2.18. The lowest BCUT2D eigenvalue weighted by molar-refractivity contribution is 0.0995. The van der Waals surface area contributed by atoms with Crippen LogP contribution in [-0.2, 0) is 0 Å². The molecule has 0 spiro atoms. The van der Waals surface area contributed by atoms with E-state index in [1.807, 2.05) is 18.3 Å². The van der Waals surface area contributed by atoms with E-state index in [4.69, 9.17) is 0 Å². The fourth-order valence-corrected chi connectivity index (χ4v) is 2.33. The minimum atomic E-state index is -0.00678. The van der Waals surface area contributed by atoms with Gasteiger partial charge in [-0.25, -0.2) is 4.98 Å². The van der Waals surface area contributed by atoms with Gasteiger partial charge in [-0.3, -0.25) is 4.90 Å². The number of hydrogen-bond acceptors (Lipinski definition) is 4. The van der Waals surface area contributed by atoms with Gasteiger partial charge in [0.05, 0.1) is 0 Å². The number of hydrogen-bond donors (Lipinski definition) is 1. The summed E-state index contributed by atoms with van der Waals surface area (Å²) in [5, 5.41) is 9.31. The molecule has 1 aliphatic rings. The van der Waals surface area contributed by atoms with Gasteiger partial charge in [-0.15, -0.1) is 0 Å². The number of aliphatic hydroxyl groups excluding tert-OH is 1. The summed E-state index contributed by atoms with van der Waals surface area (Å²) in [5.41, 5.74) is -0.00678. The minimum absolute atomic E-state index is 0.00678. The molecule has 1 aliphatic heterocycles. The second-order valence-corrected chi connectivity index (χ2v) is 5.77. The van der Waals surface area contributed by atoms with E-state index in [1.54, 1.807) is 0 Å². The maximum Gasteiger partial charge on any atom is 0.128 e. The molecule has 18 heavy (non-hydrogen) atoms. The molecule has 1 N–H and O–H groups in total. The maximum atomic E-state index is 9.31. The molecule has 0 radical (unpaired) electrons. The predicted octanol–water partition coefficient (Wildman–Crippen LogP) is 1.22. The van der Waals surface area contributed by atoms with Crippen LogP contribution in [0.15, 0.2) is 24.4 Å². The van der Waals surface area contributed by atoms with Crippen LogP contribution in [0.1, 0.15) is 13.8 Å². The van der Waals surface area contributed by atoms with Gasteiger partial charge in [0.15, 0.2) is 0 Å². The van der Waals surface area contributed by atoms with E-state index in [0.717, 1.165) is 38.5 Å². The summed E-state index contributed by atoms with van der Waals surface area (Å²) in [6.07, 6.45) is 1.84. The summed E-state index contributed by atoms with van der Waals surface area (Å²) in [4.78, 5) is 9.13. The zero-order chi connectivity index (χ0) is 13.0. The molecule has 0 aromatic carbocycles. The van der Waals surface area contributed by atoms with E-state index in [-0.39, 0.29) is 12.0 Å². The highest BCUT2D eigenvalue weighted by Gasteiger charge is 2.24. The Kier molecular flexibility index (Phi) is 4.19. The Labute approximate surface area is 109 Å². The van der Waals surface area contributed by atoms with Gasteiger partial charge in [0.2, 0.25) is 0 Å². The molecule has 4 nitrogen and oxygen atoms in total. The number of anilines is 1. The molecule has 1 fully saturated rings. The first-order valence-electron chi connectivity index (χ1n) is 6.60. The van der Waals surface area contributed by atoms with E-state index in [0.29, 0.717) is 0 Å². The summed E-state index contributed by atoms with van der Waals surface area (Å²) in [6.45, 7) is 9.53. The molecule has 4 heteroatoms. The molecular weight excluding hydrogens is 226 g/mol. The van der Waals surface area contributed by atoms with Crippen LogP contribution in [0.2, 0.25) is 0 Å². The van der Waals surface area contributed by atoms with Gasteiger partial charge in [0.25, 0.3) is 0 Å². The van der Waals surface area contributed by atoms with Gasteiger partial charge < -0.3 is 10.0 Å². The SMILES string of the molecule is CC(C)(CO)CN1CCN(c2ccccn2)CC1. The first kappa shape index (κ1) is 13.3. The number of aliphatic hydroxyl groups is 1. The van der Waals surface area contributed by atoms with Crippen LogP contribution in [0.3, 0.4) is 0 Å². The fraction of sp³-hybridized carbons (Fsp3) is 0.643. The molecule has 0 aliphatic carbocycles. The summed E-state index contributed by atoms with van der Waals surface area (Å²) < 4.78 is 0. The van der Waals surface area contributed by atoms with Crippen molar-refractivity contribution < 1.29 is 5.11 Å². The van der Waals surface area contributed by atoms with Crippen molar-refractivity contribution in [2.75, 3.05) is 44.2 Å². The van der Waals surface area contributed by atoms with Crippen LogP contribution in [0.4, 0.5) is 5.82 Å². The second kappa shape index (κ2) is 5.67. The standard InChI is InChI=1S/C14H23N3O/c1-14(2,12-18)11-16-7-9-17(10-8-16)13-5-3-4-6-15-13/h3-6,18H,7-12H2,1-2H3. The normalized spacial score (nSPS) is 18.1. The zero-order valence-electron chi connectivity index (χ0n) is 11.3. The first-order valence-corrected chi connectivity index (χ1v) is 6.60. The lowest BCUT2D eigenvalue weighted by Crippen LogP contribution is -2.49. The van der Waals surface area contributed by atoms with Crippen LogP contribution in [0.25, 0.3) is 0 Å². The van der Waals surface area contributed by atoms with Gasteiger partial charge in [-0.1, -0.05) is 19.9 Å². The highest BCUT2D eigenvalue weighted by atomic mass is 16.3. The minimum Gasteiger partial charge on any atom is -0.396 e. The Morgan fingerprint density at radius 2 is 1.94 bits per heavy atom. The Morgan fingerprint density at radius 1 is 1.22 bits per heavy atom. The van der Waals surface area contributed by atoms with Crippen LogP contribution in [0.5, 0.6) is 0 Å². The average Bonchev–Trinajstić information content (AvgIpc) is 2.40. The van der Waals surface area contributed by atoms with Crippen LogP contribution in [0, 0.1) is 5.41 Å². The molecule has 0 unspecified atom stereocenters. The molecule has 0 saturated carbocycles. The van der Waals surface area contributed by atoms with Gasteiger partial charge >= 0.3 is 0 Å². The van der Waals surface area contributed by atoms with Crippen LogP contribution in [-0.4, -0.2) is 54.3 Å². The maximum absolute atomic E-state index is 9.31. The number of rotatable bonds is 4. The van der Waals surface area contributed by atoms with E-state index >= 15 is 0 Å². The van der Waals surface area contributed by atoms with Crippen molar-refractivity contribution >= 4 is 5.82 Å². The molecule has 1 saturated heterocycles. The molecule has 1 aromatic heterocycles. The molecule has 0 bridgehead atoms. The topological polar surface area (TPSA) is 39.6 Å². The number of piperazine rings is 1. The van der Waals surface area contributed by atoms with Gasteiger partial charge in [0.1, 0.15) is 5.82 Å². The summed E-state index contributed by atoms with van der Waals surface area (Å²) in [7, 11) is 0. The van der Waals surface area contributed by atoms with E-state index in [2.05, 4.69) is 34.7 Å². The Balaban J connectivity index is 1.85. The Morgan fingerprint density at radius 3 is 2.50 bits per heavy atom. The average molecular weight is 249 g/mol. The van der Waals surface area contributed by atoms with Crippen molar-refractivity contribution in [2.45, 2.75) is 13.8 Å². The zero-order valence-corrected chi connectivity index (χ0v) is 11.3. The first-order chi connectivity index (χ1) is 8.61. The molecule has 1 aromatic rings. The van der Waals surface area contributed by atoms with Gasteiger partial charge in [0, 0.05) is 50.9 Å². The van der Waals surface area contributed by atoms with Crippen LogP contribution >= 0.6 is 0 Å². The van der Waals surface area contributed by atoms with E-state index < -0.39 is 0 Å². The van der Waals surface area contributed by atoms with Crippen molar-refractivity contribution in [3.8, 4) is 0 Å². The number of aromatic nitrogens is 1. The second-order valence-electron chi connectivity index (χ2n) is 5.77. The molecule has 0 amide bonds. The third kappa shape index (κ3) is 3.43. The largest absolute Gasteiger partial charge is 0.396 e. The number of nitrogens with zero attached hydrogens (tertiary/aromatic N) is 3. The van der Waals surface area contributed by atoms with Gasteiger partial charge in [-0.2, -0.15) is 0 Å². The summed E-state index contributed by atoms with van der Waals surface area (Å²) in [6, 6.07) is 6.04. The fourth-order valence-electron chi connectivity index (χ4n) is 2.33. The van der Waals surface area contributed by atoms with Gasteiger partial charge in [-0.05, 0) is 12.1 Å². The van der Waals surface area contributed by atoms with Crippen molar-refractivity contribution in [3.05, 3.63) is 24.4 Å². The van der Waals surface area contributed by atoms with Crippen LogP contribution < -0.4 is 4.90 Å². The highest BCUT2D eigenvalue weighted by molar-refractivity contribution is 5.38. The predicted molar refractivity (Wildman–Crippen MR) is 73.8 cm³/mol. The molecule has 100 valence electrons. The smallest absolute Gasteiger partial charge is 0.128 e. The Bertz CT molecular complexity index is 359. The van der Waals surface area contributed by atoms with Crippen molar-refractivity contribution in [3.63, 3.8) is 0 Å². The number of pyridine rings is 1. The monoisotopic (exact) mass is 249 g/mol. The molecule has 2 heterocycles. The summed E-state index contributed by atoms with van der Waals surface area (Å²) in [5.74, 6) is 1.07. The quantitative estimate of drug-likeness (QED) is 0.871. The van der Waals surface area contributed by atoms with E-state index in [9.17, 15) is 5.11 Å². The molecule has 0 atom stereocenters. The van der Waals surface area contributed by atoms with Crippen molar-refractivity contribution in [2.24, 2.45) is 5.41 Å². The van der Waals surface area contributed by atoms with E-state index in [1.165, 1.54) is 0 Å². The lowest BCUT2D eigenvalue weighted by Gasteiger charge is -2.38. The third-order valence-corrected chi connectivity index (χ3v) is 3.43. The molecule has 2 rings (SSSR count). The lowest BCUT2D eigenvalue weighted by atomic mass is 9.94. The van der Waals surface area contributed by atoms with Crippen molar-refractivity contribution in [1.29, 1.82) is 0 Å². The molecular formula is C14H23N3O. The Hall–Kier alpha value is -1.13. The van der Waals surface area contributed by atoms with Crippen molar-refractivity contribution in [1.82, 2.24) is 9.88 Å².